The first kappa shape index (κ1) is 16.4. The number of carbonyl (C=O) groups is 1. The summed E-state index contributed by atoms with van der Waals surface area (Å²) in [7, 11) is 0. The lowest BCUT2D eigenvalue weighted by Gasteiger charge is -2.35. The van der Waals surface area contributed by atoms with Crippen LogP contribution in [0.5, 0.6) is 0 Å². The molecule has 2 N–H and O–H groups in total. The lowest BCUT2D eigenvalue weighted by Crippen LogP contribution is -2.48. The number of halogens is 1. The summed E-state index contributed by atoms with van der Waals surface area (Å²) in [6.45, 7) is 3.03. The van der Waals surface area contributed by atoms with Crippen molar-refractivity contribution in [1.82, 2.24) is 4.90 Å². The molecule has 5 heteroatoms. The highest BCUT2D eigenvalue weighted by molar-refractivity contribution is 6.30. The van der Waals surface area contributed by atoms with E-state index in [-0.39, 0.29) is 5.91 Å². The molecule has 1 heterocycles. The van der Waals surface area contributed by atoms with Crippen LogP contribution in [0.1, 0.15) is 5.56 Å². The van der Waals surface area contributed by atoms with E-state index in [1.807, 2.05) is 59.5 Å². The van der Waals surface area contributed by atoms with Crippen LogP contribution in [-0.4, -0.2) is 37.0 Å². The number of amides is 1. The summed E-state index contributed by atoms with van der Waals surface area (Å²) in [5.74, 6) is 0.0394. The molecule has 0 spiro atoms. The molecule has 0 saturated carbocycles. The third-order valence-electron chi connectivity index (χ3n) is 4.12. The molecular formula is C19H20ClN3O. The maximum atomic E-state index is 12.3. The average molecular weight is 342 g/mol. The van der Waals surface area contributed by atoms with Gasteiger partial charge in [-0.25, -0.2) is 0 Å². The molecule has 0 aliphatic carbocycles. The van der Waals surface area contributed by atoms with Crippen molar-refractivity contribution >= 4 is 35.0 Å². The second-order valence-electron chi connectivity index (χ2n) is 5.79. The van der Waals surface area contributed by atoms with Crippen LogP contribution in [0.15, 0.2) is 54.6 Å². The third-order valence-corrected chi connectivity index (χ3v) is 4.35. The van der Waals surface area contributed by atoms with Crippen molar-refractivity contribution in [2.45, 2.75) is 0 Å². The summed E-state index contributed by atoms with van der Waals surface area (Å²) in [6.07, 6.45) is 3.45. The first-order valence-electron chi connectivity index (χ1n) is 7.95. The molecule has 0 unspecified atom stereocenters. The minimum Gasteiger partial charge on any atom is -0.399 e. The van der Waals surface area contributed by atoms with Crippen LogP contribution in [0.25, 0.3) is 6.08 Å². The van der Waals surface area contributed by atoms with Crippen LogP contribution < -0.4 is 10.6 Å². The van der Waals surface area contributed by atoms with Gasteiger partial charge in [-0.15, -0.1) is 0 Å². The lowest BCUT2D eigenvalue weighted by atomic mass is 10.2. The number of anilines is 2. The van der Waals surface area contributed by atoms with Crippen molar-refractivity contribution in [3.05, 3.63) is 65.2 Å². The molecule has 0 atom stereocenters. The number of carbonyl (C=O) groups excluding carboxylic acids is 1. The molecule has 0 aromatic heterocycles. The Hall–Kier alpha value is -2.46. The van der Waals surface area contributed by atoms with E-state index in [4.69, 9.17) is 17.3 Å². The Labute approximate surface area is 147 Å². The van der Waals surface area contributed by atoms with E-state index in [2.05, 4.69) is 4.90 Å². The predicted molar refractivity (Wildman–Crippen MR) is 100 cm³/mol. The molecule has 124 valence electrons. The van der Waals surface area contributed by atoms with Crippen LogP contribution in [-0.2, 0) is 4.79 Å². The summed E-state index contributed by atoms with van der Waals surface area (Å²) in [5.41, 5.74) is 8.45. The van der Waals surface area contributed by atoms with Gasteiger partial charge in [-0.1, -0.05) is 29.8 Å². The molecule has 2 aromatic carbocycles. The molecule has 4 nitrogen and oxygen atoms in total. The quantitative estimate of drug-likeness (QED) is 0.688. The van der Waals surface area contributed by atoms with Crippen LogP contribution in [0.3, 0.4) is 0 Å². The predicted octanol–water partition coefficient (Wildman–Crippen LogP) is 3.28. The van der Waals surface area contributed by atoms with Gasteiger partial charge in [0.05, 0.1) is 0 Å². The molecule has 0 bridgehead atoms. The van der Waals surface area contributed by atoms with Gasteiger partial charge in [-0.05, 0) is 42.0 Å². The SMILES string of the molecule is Nc1ccc(/C=C/C(=O)N2CCN(c3cccc(Cl)c3)CC2)cc1. The fourth-order valence-electron chi connectivity index (χ4n) is 2.74. The summed E-state index contributed by atoms with van der Waals surface area (Å²) in [5, 5.41) is 0.734. The molecule has 1 aliphatic heterocycles. The second-order valence-corrected chi connectivity index (χ2v) is 6.23. The highest BCUT2D eigenvalue weighted by Gasteiger charge is 2.19. The van der Waals surface area contributed by atoms with Crippen molar-refractivity contribution in [2.24, 2.45) is 0 Å². The maximum Gasteiger partial charge on any atom is 0.246 e. The van der Waals surface area contributed by atoms with Crippen LogP contribution in [0.4, 0.5) is 11.4 Å². The summed E-state index contributed by atoms with van der Waals surface area (Å²) in [6, 6.07) is 15.3. The van der Waals surface area contributed by atoms with Gasteiger partial charge in [-0.2, -0.15) is 0 Å². The molecule has 2 aromatic rings. The Morgan fingerprint density at radius 1 is 1.04 bits per heavy atom. The summed E-state index contributed by atoms with van der Waals surface area (Å²) < 4.78 is 0. The molecule has 3 rings (SSSR count). The molecule has 1 saturated heterocycles. The number of piperazine rings is 1. The second kappa shape index (κ2) is 7.41. The van der Waals surface area contributed by atoms with Gasteiger partial charge < -0.3 is 15.5 Å². The zero-order valence-corrected chi connectivity index (χ0v) is 14.1. The molecule has 1 aliphatic rings. The minimum atomic E-state index is 0.0394. The number of hydrogen-bond donors (Lipinski definition) is 1. The van der Waals surface area contributed by atoms with Crippen molar-refractivity contribution in [3.8, 4) is 0 Å². The fourth-order valence-corrected chi connectivity index (χ4v) is 2.92. The topological polar surface area (TPSA) is 49.6 Å². The maximum absolute atomic E-state index is 12.3. The van der Waals surface area contributed by atoms with Gasteiger partial charge in [0.15, 0.2) is 0 Å². The number of nitrogens with zero attached hydrogens (tertiary/aromatic N) is 2. The molecule has 1 amide bonds. The largest absolute Gasteiger partial charge is 0.399 e. The van der Waals surface area contributed by atoms with E-state index >= 15 is 0 Å². The Kier molecular flexibility index (Phi) is 5.06. The average Bonchev–Trinajstić information content (AvgIpc) is 2.61. The van der Waals surface area contributed by atoms with E-state index in [0.29, 0.717) is 13.1 Å². The number of nitrogens with two attached hydrogens (primary N) is 1. The Morgan fingerprint density at radius 3 is 2.42 bits per heavy atom. The van der Waals surface area contributed by atoms with Crippen molar-refractivity contribution < 1.29 is 4.79 Å². The van der Waals surface area contributed by atoms with Crippen molar-refractivity contribution in [1.29, 1.82) is 0 Å². The lowest BCUT2D eigenvalue weighted by molar-refractivity contribution is -0.126. The van der Waals surface area contributed by atoms with Gasteiger partial charge in [0, 0.05) is 48.7 Å². The molecular weight excluding hydrogens is 322 g/mol. The van der Waals surface area contributed by atoms with Gasteiger partial charge in [0.25, 0.3) is 0 Å². The number of hydrogen-bond acceptors (Lipinski definition) is 3. The van der Waals surface area contributed by atoms with Gasteiger partial charge >= 0.3 is 0 Å². The number of rotatable bonds is 3. The Bertz CT molecular complexity index is 735. The van der Waals surface area contributed by atoms with Gasteiger partial charge in [0.2, 0.25) is 5.91 Å². The molecule has 0 radical (unpaired) electrons. The van der Waals surface area contributed by atoms with Crippen LogP contribution in [0, 0.1) is 0 Å². The minimum absolute atomic E-state index is 0.0394. The zero-order chi connectivity index (χ0) is 16.9. The van der Waals surface area contributed by atoms with Crippen molar-refractivity contribution in [3.63, 3.8) is 0 Å². The highest BCUT2D eigenvalue weighted by Crippen LogP contribution is 2.20. The van der Waals surface area contributed by atoms with Gasteiger partial charge in [-0.3, -0.25) is 4.79 Å². The summed E-state index contributed by atoms with van der Waals surface area (Å²) in [4.78, 5) is 16.4. The molecule has 24 heavy (non-hydrogen) atoms. The van der Waals surface area contributed by atoms with E-state index < -0.39 is 0 Å². The third kappa shape index (κ3) is 4.09. The zero-order valence-electron chi connectivity index (χ0n) is 13.4. The van der Waals surface area contributed by atoms with E-state index in [9.17, 15) is 4.79 Å². The van der Waals surface area contributed by atoms with Crippen LogP contribution >= 0.6 is 11.6 Å². The molecule has 1 fully saturated rings. The normalized spacial score (nSPS) is 15.0. The van der Waals surface area contributed by atoms with E-state index in [1.54, 1.807) is 6.08 Å². The number of nitrogen functional groups attached to an aromatic ring is 1. The van der Waals surface area contributed by atoms with E-state index in [0.717, 1.165) is 35.1 Å². The summed E-state index contributed by atoms with van der Waals surface area (Å²) >= 11 is 6.04. The van der Waals surface area contributed by atoms with Crippen molar-refractivity contribution in [2.75, 3.05) is 36.8 Å². The smallest absolute Gasteiger partial charge is 0.246 e. The Balaban J connectivity index is 1.56. The first-order valence-corrected chi connectivity index (χ1v) is 8.33. The highest BCUT2D eigenvalue weighted by atomic mass is 35.5. The standard InChI is InChI=1S/C19H20ClN3O/c20-16-2-1-3-18(14-16)22-10-12-23(13-11-22)19(24)9-6-15-4-7-17(21)8-5-15/h1-9,14H,10-13,21H2/b9-6+. The van der Waals surface area contributed by atoms with Crippen LogP contribution in [0.2, 0.25) is 5.02 Å². The monoisotopic (exact) mass is 341 g/mol. The van der Waals surface area contributed by atoms with Gasteiger partial charge in [0.1, 0.15) is 0 Å². The van der Waals surface area contributed by atoms with E-state index in [1.165, 1.54) is 0 Å². The first-order chi connectivity index (χ1) is 11.6. The fraction of sp³-hybridized carbons (Fsp3) is 0.211. The number of benzene rings is 2. The Morgan fingerprint density at radius 2 is 1.75 bits per heavy atom.